The molecule has 5 aromatic rings. The number of halogens is 1. The van der Waals surface area contributed by atoms with Crippen LogP contribution in [0, 0.1) is 5.82 Å². The summed E-state index contributed by atoms with van der Waals surface area (Å²) in [5.41, 5.74) is 3.93. The summed E-state index contributed by atoms with van der Waals surface area (Å²) in [6.45, 7) is 3.77. The number of likely N-dealkylation sites (N-methyl/N-ethyl adjacent to an activating group) is 1. The number of fused-ring (bicyclic) bond motifs is 2. The van der Waals surface area contributed by atoms with Crippen molar-refractivity contribution in [2.75, 3.05) is 38.1 Å². The number of piperazine rings is 1. The van der Waals surface area contributed by atoms with Gasteiger partial charge in [0.1, 0.15) is 23.4 Å². The molecule has 32 heavy (non-hydrogen) atoms. The van der Waals surface area contributed by atoms with Crippen LogP contribution in [0.3, 0.4) is 0 Å². The zero-order valence-electron chi connectivity index (χ0n) is 17.4. The van der Waals surface area contributed by atoms with E-state index in [9.17, 15) is 4.39 Å². The van der Waals surface area contributed by atoms with E-state index in [0.29, 0.717) is 28.2 Å². The van der Waals surface area contributed by atoms with Crippen molar-refractivity contribution in [2.24, 2.45) is 0 Å². The Labute approximate surface area is 182 Å². The fourth-order valence-electron chi connectivity index (χ4n) is 4.16. The number of imidazole rings is 1. The number of anilines is 1. The molecule has 160 valence electrons. The highest BCUT2D eigenvalue weighted by atomic mass is 19.1. The van der Waals surface area contributed by atoms with Gasteiger partial charge in [0, 0.05) is 67.3 Å². The lowest BCUT2D eigenvalue weighted by atomic mass is 10.0. The number of rotatable bonds is 3. The Bertz CT molecular complexity index is 1420. The Hall–Kier alpha value is -3.92. The van der Waals surface area contributed by atoms with Crippen molar-refractivity contribution in [3.63, 3.8) is 0 Å². The highest BCUT2D eigenvalue weighted by Crippen LogP contribution is 2.33. The molecule has 4 aromatic heterocycles. The molecule has 0 spiro atoms. The molecule has 1 aliphatic rings. The number of nitrogens with zero attached hydrogens (tertiary/aromatic N) is 7. The summed E-state index contributed by atoms with van der Waals surface area (Å²) >= 11 is 0. The Morgan fingerprint density at radius 2 is 1.84 bits per heavy atom. The maximum atomic E-state index is 14.7. The third-order valence-corrected chi connectivity index (χ3v) is 5.93. The second kappa shape index (κ2) is 7.34. The van der Waals surface area contributed by atoms with Gasteiger partial charge in [-0.3, -0.25) is 5.10 Å². The maximum Gasteiger partial charge on any atom is 0.159 e. The molecule has 1 aromatic carbocycles. The van der Waals surface area contributed by atoms with E-state index in [0.717, 1.165) is 48.4 Å². The molecule has 6 rings (SSSR count). The van der Waals surface area contributed by atoms with E-state index in [1.54, 1.807) is 24.7 Å². The molecule has 1 aliphatic heterocycles. The average molecular weight is 429 g/mol. The topological polar surface area (TPSA) is 103 Å². The van der Waals surface area contributed by atoms with Crippen LogP contribution in [0.1, 0.15) is 0 Å². The second-order valence-electron chi connectivity index (χ2n) is 7.98. The predicted octanol–water partition coefficient (Wildman–Crippen LogP) is 2.85. The van der Waals surface area contributed by atoms with Gasteiger partial charge in [-0.2, -0.15) is 5.10 Å². The lowest BCUT2D eigenvalue weighted by Gasteiger charge is -2.33. The van der Waals surface area contributed by atoms with Crippen LogP contribution in [0.15, 0.2) is 43.1 Å². The first-order valence-electron chi connectivity index (χ1n) is 10.4. The van der Waals surface area contributed by atoms with Crippen LogP contribution in [0.5, 0.6) is 0 Å². The van der Waals surface area contributed by atoms with Crippen LogP contribution in [0.2, 0.25) is 0 Å². The summed E-state index contributed by atoms with van der Waals surface area (Å²) in [7, 11) is 2.12. The highest BCUT2D eigenvalue weighted by molar-refractivity contribution is 5.97. The standard InChI is InChI=1S/C22H20FN9/c1-31-4-6-32(7-5-31)22-20-17(2-3-26-22)27-21(28-20)19-15-8-14(13-10-24-12-25-11-13)16(23)9-18(15)29-30-19/h2-3,8-12H,4-7H2,1H3,(H,27,28)(H,29,30). The van der Waals surface area contributed by atoms with Gasteiger partial charge >= 0.3 is 0 Å². The van der Waals surface area contributed by atoms with Crippen LogP contribution in [-0.4, -0.2) is 73.2 Å². The van der Waals surface area contributed by atoms with E-state index >= 15 is 0 Å². The molecule has 5 heterocycles. The molecule has 0 radical (unpaired) electrons. The van der Waals surface area contributed by atoms with Crippen molar-refractivity contribution in [2.45, 2.75) is 0 Å². The summed E-state index contributed by atoms with van der Waals surface area (Å²) in [5.74, 6) is 1.11. The minimum absolute atomic E-state index is 0.367. The SMILES string of the molecule is CN1CCN(c2nccc3[nH]c(-c4n[nH]c5cc(F)c(-c6cncnc6)cc45)nc23)CC1. The van der Waals surface area contributed by atoms with E-state index in [4.69, 9.17) is 4.98 Å². The average Bonchev–Trinajstić information content (AvgIpc) is 3.43. The lowest BCUT2D eigenvalue weighted by Crippen LogP contribution is -2.44. The van der Waals surface area contributed by atoms with Gasteiger partial charge in [0.15, 0.2) is 11.6 Å². The zero-order valence-corrected chi connectivity index (χ0v) is 17.4. The van der Waals surface area contributed by atoms with Gasteiger partial charge in [0.2, 0.25) is 0 Å². The molecule has 1 saturated heterocycles. The number of aromatic nitrogens is 7. The summed E-state index contributed by atoms with van der Waals surface area (Å²) in [6, 6.07) is 5.11. The van der Waals surface area contributed by atoms with Crippen LogP contribution >= 0.6 is 0 Å². The van der Waals surface area contributed by atoms with E-state index in [1.807, 2.05) is 6.07 Å². The highest BCUT2D eigenvalue weighted by Gasteiger charge is 2.21. The number of H-pyrrole nitrogens is 2. The van der Waals surface area contributed by atoms with E-state index in [-0.39, 0.29) is 5.82 Å². The number of benzene rings is 1. The largest absolute Gasteiger partial charge is 0.352 e. The normalized spacial score (nSPS) is 15.1. The predicted molar refractivity (Wildman–Crippen MR) is 120 cm³/mol. The summed E-state index contributed by atoms with van der Waals surface area (Å²) in [4.78, 5) is 25.4. The van der Waals surface area contributed by atoms with Gasteiger partial charge in [-0.05, 0) is 19.2 Å². The van der Waals surface area contributed by atoms with Gasteiger partial charge in [0.25, 0.3) is 0 Å². The van der Waals surface area contributed by atoms with Crippen LogP contribution in [0.25, 0.3) is 44.6 Å². The fraction of sp³-hybridized carbons (Fsp3) is 0.227. The van der Waals surface area contributed by atoms with Crippen molar-refractivity contribution in [3.05, 3.63) is 48.9 Å². The van der Waals surface area contributed by atoms with Crippen molar-refractivity contribution in [1.29, 1.82) is 0 Å². The first kappa shape index (κ1) is 18.8. The smallest absolute Gasteiger partial charge is 0.159 e. The molecule has 0 bridgehead atoms. The Kier molecular flexibility index (Phi) is 4.32. The minimum atomic E-state index is -0.367. The molecule has 9 nitrogen and oxygen atoms in total. The molecule has 1 fully saturated rings. The van der Waals surface area contributed by atoms with Crippen molar-refractivity contribution in [1.82, 2.24) is 40.0 Å². The monoisotopic (exact) mass is 429 g/mol. The summed E-state index contributed by atoms with van der Waals surface area (Å²) < 4.78 is 14.7. The molecule has 0 atom stereocenters. The molecular formula is C22H20FN9. The molecular weight excluding hydrogens is 409 g/mol. The first-order valence-corrected chi connectivity index (χ1v) is 10.4. The molecule has 10 heteroatoms. The van der Waals surface area contributed by atoms with Crippen LogP contribution in [-0.2, 0) is 0 Å². The van der Waals surface area contributed by atoms with Gasteiger partial charge in [0.05, 0.1) is 11.0 Å². The van der Waals surface area contributed by atoms with Gasteiger partial charge < -0.3 is 14.8 Å². The number of hydrogen-bond acceptors (Lipinski definition) is 7. The molecule has 2 N–H and O–H groups in total. The Balaban J connectivity index is 1.46. The van der Waals surface area contributed by atoms with E-state index in [2.05, 4.69) is 47.0 Å². The van der Waals surface area contributed by atoms with Gasteiger partial charge in [-0.25, -0.2) is 24.3 Å². The number of nitrogens with one attached hydrogen (secondary N) is 2. The lowest BCUT2D eigenvalue weighted by molar-refractivity contribution is 0.312. The third-order valence-electron chi connectivity index (χ3n) is 5.93. The van der Waals surface area contributed by atoms with Crippen LogP contribution < -0.4 is 4.90 Å². The Morgan fingerprint density at radius 1 is 1.03 bits per heavy atom. The zero-order chi connectivity index (χ0) is 21.7. The van der Waals surface area contributed by atoms with Crippen molar-refractivity contribution in [3.8, 4) is 22.6 Å². The number of aromatic amines is 2. The fourth-order valence-corrected chi connectivity index (χ4v) is 4.16. The minimum Gasteiger partial charge on any atom is -0.352 e. The summed E-state index contributed by atoms with van der Waals surface area (Å²) in [5, 5.41) is 8.11. The van der Waals surface area contributed by atoms with E-state index < -0.39 is 0 Å². The third kappa shape index (κ3) is 3.07. The number of pyridine rings is 1. The first-order chi connectivity index (χ1) is 15.7. The van der Waals surface area contributed by atoms with Gasteiger partial charge in [-0.15, -0.1) is 0 Å². The summed E-state index contributed by atoms with van der Waals surface area (Å²) in [6.07, 6.45) is 6.39. The maximum absolute atomic E-state index is 14.7. The molecule has 0 aliphatic carbocycles. The van der Waals surface area contributed by atoms with Gasteiger partial charge in [-0.1, -0.05) is 0 Å². The quantitative estimate of drug-likeness (QED) is 0.455. The second-order valence-corrected chi connectivity index (χ2v) is 7.98. The molecule has 0 saturated carbocycles. The Morgan fingerprint density at radius 3 is 2.66 bits per heavy atom. The van der Waals surface area contributed by atoms with E-state index in [1.165, 1.54) is 12.4 Å². The van der Waals surface area contributed by atoms with Crippen molar-refractivity contribution < 1.29 is 4.39 Å². The molecule has 0 unspecified atom stereocenters. The van der Waals surface area contributed by atoms with Crippen LogP contribution in [0.4, 0.5) is 10.2 Å². The molecule has 0 amide bonds. The number of hydrogen-bond donors (Lipinski definition) is 2. The van der Waals surface area contributed by atoms with Crippen molar-refractivity contribution >= 4 is 27.8 Å².